The molecule has 0 saturated carbocycles. The lowest BCUT2D eigenvalue weighted by atomic mass is 10.1. The molecule has 0 aliphatic heterocycles. The number of ether oxygens (including phenoxy) is 2. The van der Waals surface area contributed by atoms with E-state index in [9.17, 15) is 4.79 Å². The molecule has 1 atom stereocenters. The molecule has 0 aromatic heterocycles. The number of nitrogens with one attached hydrogen (secondary N) is 1. The van der Waals surface area contributed by atoms with Crippen LogP contribution in [-0.2, 0) is 0 Å². The Bertz CT molecular complexity index is 421. The predicted molar refractivity (Wildman–Crippen MR) is 74.8 cm³/mol. The molecular formula is C14H22N2O3. The molecule has 5 nitrogen and oxygen atoms in total. The van der Waals surface area contributed by atoms with Crippen molar-refractivity contribution in [2.75, 3.05) is 20.8 Å². The van der Waals surface area contributed by atoms with E-state index in [1.165, 1.54) is 7.11 Å². The minimum Gasteiger partial charge on any atom is -0.497 e. The van der Waals surface area contributed by atoms with E-state index in [2.05, 4.69) is 5.32 Å². The monoisotopic (exact) mass is 266 g/mol. The maximum absolute atomic E-state index is 12.1. The topological polar surface area (TPSA) is 73.6 Å². The molecule has 19 heavy (non-hydrogen) atoms. The number of hydrogen-bond donors (Lipinski definition) is 2. The lowest BCUT2D eigenvalue weighted by Crippen LogP contribution is -2.33. The first-order valence-corrected chi connectivity index (χ1v) is 6.35. The molecule has 1 aromatic carbocycles. The van der Waals surface area contributed by atoms with Gasteiger partial charge in [-0.2, -0.15) is 0 Å². The van der Waals surface area contributed by atoms with Crippen LogP contribution in [0.2, 0.25) is 0 Å². The molecule has 0 saturated heterocycles. The van der Waals surface area contributed by atoms with Crippen molar-refractivity contribution in [3.8, 4) is 11.5 Å². The van der Waals surface area contributed by atoms with Crippen LogP contribution < -0.4 is 20.5 Å². The smallest absolute Gasteiger partial charge is 0.255 e. The molecule has 3 N–H and O–H groups in total. The largest absolute Gasteiger partial charge is 0.497 e. The first kappa shape index (κ1) is 15.3. The second kappa shape index (κ2) is 7.63. The zero-order valence-electron chi connectivity index (χ0n) is 11.7. The number of amides is 1. The predicted octanol–water partition coefficient (Wildman–Crippen LogP) is 1.56. The van der Waals surface area contributed by atoms with Gasteiger partial charge in [0.25, 0.3) is 5.91 Å². The van der Waals surface area contributed by atoms with Gasteiger partial charge in [0, 0.05) is 12.1 Å². The van der Waals surface area contributed by atoms with E-state index in [4.69, 9.17) is 15.2 Å². The van der Waals surface area contributed by atoms with Gasteiger partial charge in [-0.05, 0) is 38.4 Å². The summed E-state index contributed by atoms with van der Waals surface area (Å²) in [7, 11) is 3.10. The quantitative estimate of drug-likeness (QED) is 0.785. The average Bonchev–Trinajstić information content (AvgIpc) is 2.44. The van der Waals surface area contributed by atoms with E-state index >= 15 is 0 Å². The number of methoxy groups -OCH3 is 2. The van der Waals surface area contributed by atoms with Crippen LogP contribution in [0.25, 0.3) is 0 Å². The van der Waals surface area contributed by atoms with Crippen LogP contribution in [0.4, 0.5) is 0 Å². The molecule has 1 aromatic rings. The van der Waals surface area contributed by atoms with E-state index in [1.807, 2.05) is 6.92 Å². The summed E-state index contributed by atoms with van der Waals surface area (Å²) in [6.07, 6.45) is 1.75. The van der Waals surface area contributed by atoms with Crippen LogP contribution in [0.15, 0.2) is 18.2 Å². The summed E-state index contributed by atoms with van der Waals surface area (Å²) in [4.78, 5) is 12.1. The van der Waals surface area contributed by atoms with Gasteiger partial charge in [-0.1, -0.05) is 0 Å². The third-order valence-electron chi connectivity index (χ3n) is 2.87. The molecular weight excluding hydrogens is 244 g/mol. The van der Waals surface area contributed by atoms with Crippen molar-refractivity contribution in [1.82, 2.24) is 5.32 Å². The Balaban J connectivity index is 2.76. The zero-order chi connectivity index (χ0) is 14.3. The maximum Gasteiger partial charge on any atom is 0.255 e. The third kappa shape index (κ3) is 4.44. The molecule has 5 heteroatoms. The fourth-order valence-electron chi connectivity index (χ4n) is 1.78. The number of carbonyl (C=O) groups is 1. The molecule has 0 bridgehead atoms. The van der Waals surface area contributed by atoms with Gasteiger partial charge in [0.1, 0.15) is 11.5 Å². The molecule has 0 radical (unpaired) electrons. The lowest BCUT2D eigenvalue weighted by molar-refractivity contribution is 0.0935. The molecule has 106 valence electrons. The normalized spacial score (nSPS) is 11.8. The van der Waals surface area contributed by atoms with Crippen LogP contribution in [0.1, 0.15) is 30.1 Å². The zero-order valence-corrected chi connectivity index (χ0v) is 11.7. The highest BCUT2D eigenvalue weighted by Gasteiger charge is 2.15. The van der Waals surface area contributed by atoms with Crippen molar-refractivity contribution in [3.05, 3.63) is 23.8 Å². The summed E-state index contributed by atoms with van der Waals surface area (Å²) >= 11 is 0. The molecule has 1 unspecified atom stereocenters. The SMILES string of the molecule is COc1ccc(C(=O)NC(C)CCCN)c(OC)c1. The van der Waals surface area contributed by atoms with E-state index < -0.39 is 0 Å². The molecule has 0 aliphatic rings. The van der Waals surface area contributed by atoms with Gasteiger partial charge in [0.15, 0.2) is 0 Å². The van der Waals surface area contributed by atoms with Gasteiger partial charge < -0.3 is 20.5 Å². The summed E-state index contributed by atoms with van der Waals surface area (Å²) in [6.45, 7) is 2.59. The third-order valence-corrected chi connectivity index (χ3v) is 2.87. The Labute approximate surface area is 114 Å². The first-order chi connectivity index (χ1) is 9.12. The van der Waals surface area contributed by atoms with E-state index in [-0.39, 0.29) is 11.9 Å². The van der Waals surface area contributed by atoms with E-state index in [0.717, 1.165) is 12.8 Å². The highest BCUT2D eigenvalue weighted by atomic mass is 16.5. The fourth-order valence-corrected chi connectivity index (χ4v) is 1.78. The maximum atomic E-state index is 12.1. The number of hydrogen-bond acceptors (Lipinski definition) is 4. The second-order valence-electron chi connectivity index (χ2n) is 4.37. The number of rotatable bonds is 7. The van der Waals surface area contributed by atoms with Gasteiger partial charge >= 0.3 is 0 Å². The summed E-state index contributed by atoms with van der Waals surface area (Å²) in [5.41, 5.74) is 5.95. The van der Waals surface area contributed by atoms with Gasteiger partial charge in [0.05, 0.1) is 19.8 Å². The first-order valence-electron chi connectivity index (χ1n) is 6.35. The second-order valence-corrected chi connectivity index (χ2v) is 4.37. The van der Waals surface area contributed by atoms with Crippen LogP contribution in [0, 0.1) is 0 Å². The molecule has 1 rings (SSSR count). The molecule has 1 amide bonds. The minimum absolute atomic E-state index is 0.0860. The summed E-state index contributed by atoms with van der Waals surface area (Å²) in [6, 6.07) is 5.22. The van der Waals surface area contributed by atoms with Crippen molar-refractivity contribution in [2.45, 2.75) is 25.8 Å². The van der Waals surface area contributed by atoms with Crippen molar-refractivity contribution in [2.24, 2.45) is 5.73 Å². The highest BCUT2D eigenvalue weighted by Crippen LogP contribution is 2.24. The van der Waals surface area contributed by atoms with Gasteiger partial charge in [-0.15, -0.1) is 0 Å². The Kier molecular flexibility index (Phi) is 6.15. The Morgan fingerprint density at radius 1 is 1.37 bits per heavy atom. The number of carbonyl (C=O) groups excluding carboxylic acids is 1. The number of benzene rings is 1. The molecule has 0 heterocycles. The van der Waals surface area contributed by atoms with Crippen molar-refractivity contribution in [1.29, 1.82) is 0 Å². The standard InChI is InChI=1S/C14H22N2O3/c1-10(5-4-8-15)16-14(17)12-7-6-11(18-2)9-13(12)19-3/h6-7,9-10H,4-5,8,15H2,1-3H3,(H,16,17). The lowest BCUT2D eigenvalue weighted by Gasteiger charge is -2.15. The van der Waals surface area contributed by atoms with Crippen molar-refractivity contribution < 1.29 is 14.3 Å². The van der Waals surface area contributed by atoms with E-state index in [0.29, 0.717) is 23.6 Å². The number of nitrogens with two attached hydrogens (primary N) is 1. The summed E-state index contributed by atoms with van der Waals surface area (Å²) < 4.78 is 10.3. The molecule has 0 aliphatic carbocycles. The van der Waals surface area contributed by atoms with Crippen LogP contribution in [-0.4, -0.2) is 32.7 Å². The Morgan fingerprint density at radius 2 is 2.11 bits per heavy atom. The van der Waals surface area contributed by atoms with Gasteiger partial charge in [-0.25, -0.2) is 0 Å². The summed E-state index contributed by atoms with van der Waals surface area (Å²) in [5, 5.41) is 2.93. The molecule has 0 fully saturated rings. The molecule has 0 spiro atoms. The van der Waals surface area contributed by atoms with Gasteiger partial charge in [-0.3, -0.25) is 4.79 Å². The average molecular weight is 266 g/mol. The van der Waals surface area contributed by atoms with Crippen molar-refractivity contribution in [3.63, 3.8) is 0 Å². The van der Waals surface area contributed by atoms with Gasteiger partial charge in [0.2, 0.25) is 0 Å². The Hall–Kier alpha value is -1.75. The van der Waals surface area contributed by atoms with Crippen LogP contribution >= 0.6 is 0 Å². The highest BCUT2D eigenvalue weighted by molar-refractivity contribution is 5.97. The van der Waals surface area contributed by atoms with Crippen molar-refractivity contribution >= 4 is 5.91 Å². The Morgan fingerprint density at radius 3 is 2.68 bits per heavy atom. The summed E-state index contributed by atoms with van der Waals surface area (Å²) in [5.74, 6) is 1.01. The van der Waals surface area contributed by atoms with E-state index in [1.54, 1.807) is 25.3 Å². The fraction of sp³-hybridized carbons (Fsp3) is 0.500. The van der Waals surface area contributed by atoms with Crippen LogP contribution in [0.5, 0.6) is 11.5 Å². The van der Waals surface area contributed by atoms with Crippen LogP contribution in [0.3, 0.4) is 0 Å². The minimum atomic E-state index is -0.149.